The Morgan fingerprint density at radius 3 is 2.29 bits per heavy atom. The fraction of sp³-hybridized carbons (Fsp3) is 0.692. The second kappa shape index (κ2) is 5.34. The maximum atomic E-state index is 11.9. The van der Waals surface area contributed by atoms with Crippen LogP contribution in [0.4, 0.5) is 0 Å². The molecule has 4 nitrogen and oxygen atoms in total. The van der Waals surface area contributed by atoms with Crippen LogP contribution in [-0.4, -0.2) is 23.0 Å². The van der Waals surface area contributed by atoms with Crippen molar-refractivity contribution in [1.29, 1.82) is 0 Å². The van der Waals surface area contributed by atoms with Gasteiger partial charge >= 0.3 is 5.97 Å². The van der Waals surface area contributed by atoms with Crippen LogP contribution in [0.3, 0.4) is 0 Å². The fourth-order valence-electron chi connectivity index (χ4n) is 2.44. The van der Waals surface area contributed by atoms with Crippen LogP contribution in [0.2, 0.25) is 0 Å². The van der Waals surface area contributed by atoms with Crippen molar-refractivity contribution >= 4 is 11.9 Å². The third-order valence-electron chi connectivity index (χ3n) is 3.78. The van der Waals surface area contributed by atoms with E-state index >= 15 is 0 Å². The van der Waals surface area contributed by atoms with Gasteiger partial charge in [0.25, 0.3) is 0 Å². The fourth-order valence-corrected chi connectivity index (χ4v) is 2.44. The summed E-state index contributed by atoms with van der Waals surface area (Å²) in [5, 5.41) is 11.7. The van der Waals surface area contributed by atoms with Crippen molar-refractivity contribution in [1.82, 2.24) is 5.32 Å². The van der Waals surface area contributed by atoms with E-state index in [-0.39, 0.29) is 11.8 Å². The molecule has 0 aromatic rings. The smallest absolute Gasteiger partial charge is 0.328 e. The molecule has 17 heavy (non-hydrogen) atoms. The standard InChI is InChI=1S/C13H19NO3/c15-12(16)8-9-4-6-10(7-5-9)13(17)14-11-2-1-3-11/h8,10-11H,1-7H2,(H,14,17)(H,15,16). The van der Waals surface area contributed by atoms with E-state index in [2.05, 4.69) is 5.32 Å². The highest BCUT2D eigenvalue weighted by atomic mass is 16.4. The molecule has 0 saturated heterocycles. The zero-order chi connectivity index (χ0) is 12.3. The van der Waals surface area contributed by atoms with Gasteiger partial charge in [-0.15, -0.1) is 0 Å². The topological polar surface area (TPSA) is 66.4 Å². The first kappa shape index (κ1) is 12.1. The number of aliphatic carboxylic acids is 1. The molecule has 2 N–H and O–H groups in total. The Labute approximate surface area is 101 Å². The summed E-state index contributed by atoms with van der Waals surface area (Å²) in [6.07, 6.45) is 7.81. The molecule has 2 aliphatic rings. The second-order valence-electron chi connectivity index (χ2n) is 5.05. The van der Waals surface area contributed by atoms with E-state index in [0.717, 1.165) is 44.1 Å². The summed E-state index contributed by atoms with van der Waals surface area (Å²) in [4.78, 5) is 22.4. The van der Waals surface area contributed by atoms with E-state index in [1.165, 1.54) is 12.5 Å². The third kappa shape index (κ3) is 3.32. The molecule has 0 aliphatic heterocycles. The molecule has 0 bridgehead atoms. The van der Waals surface area contributed by atoms with E-state index in [9.17, 15) is 9.59 Å². The van der Waals surface area contributed by atoms with Gasteiger partial charge in [-0.3, -0.25) is 4.79 Å². The lowest BCUT2D eigenvalue weighted by Crippen LogP contribution is -2.43. The Balaban J connectivity index is 1.77. The van der Waals surface area contributed by atoms with Crippen molar-refractivity contribution in [2.45, 2.75) is 51.0 Å². The maximum absolute atomic E-state index is 11.9. The molecule has 4 heteroatoms. The van der Waals surface area contributed by atoms with Gasteiger partial charge in [-0.05, 0) is 44.9 Å². The Bertz CT molecular complexity index is 335. The number of carbonyl (C=O) groups is 2. The minimum Gasteiger partial charge on any atom is -0.478 e. The normalized spacial score (nSPS) is 24.9. The molecule has 2 rings (SSSR count). The van der Waals surface area contributed by atoms with Crippen LogP contribution in [0.5, 0.6) is 0 Å². The van der Waals surface area contributed by atoms with Crippen molar-refractivity contribution in [2.75, 3.05) is 0 Å². The van der Waals surface area contributed by atoms with Gasteiger partial charge in [0.1, 0.15) is 0 Å². The molecule has 0 aromatic heterocycles. The Hall–Kier alpha value is -1.32. The van der Waals surface area contributed by atoms with Crippen molar-refractivity contribution in [2.24, 2.45) is 5.92 Å². The average Bonchev–Trinajstić information content (AvgIpc) is 2.23. The van der Waals surface area contributed by atoms with Gasteiger partial charge < -0.3 is 10.4 Å². The first-order valence-corrected chi connectivity index (χ1v) is 6.38. The zero-order valence-electron chi connectivity index (χ0n) is 9.95. The van der Waals surface area contributed by atoms with Gasteiger partial charge in [0.15, 0.2) is 0 Å². The molecule has 2 saturated carbocycles. The Kier molecular flexibility index (Phi) is 3.82. The van der Waals surface area contributed by atoms with Crippen molar-refractivity contribution < 1.29 is 14.7 Å². The summed E-state index contributed by atoms with van der Waals surface area (Å²) in [6.45, 7) is 0. The van der Waals surface area contributed by atoms with Crippen molar-refractivity contribution in [3.63, 3.8) is 0 Å². The van der Waals surface area contributed by atoms with Crippen LogP contribution < -0.4 is 5.32 Å². The van der Waals surface area contributed by atoms with Gasteiger partial charge in [-0.1, -0.05) is 5.57 Å². The van der Waals surface area contributed by atoms with Crippen LogP contribution in [-0.2, 0) is 9.59 Å². The number of rotatable bonds is 3. The predicted molar refractivity (Wildman–Crippen MR) is 63.5 cm³/mol. The van der Waals surface area contributed by atoms with Crippen LogP contribution in [0.15, 0.2) is 11.6 Å². The first-order chi connectivity index (χ1) is 8.15. The summed E-state index contributed by atoms with van der Waals surface area (Å²) < 4.78 is 0. The zero-order valence-corrected chi connectivity index (χ0v) is 9.95. The molecule has 0 unspecified atom stereocenters. The number of hydrogen-bond acceptors (Lipinski definition) is 2. The summed E-state index contributed by atoms with van der Waals surface area (Å²) in [7, 11) is 0. The number of carboxylic acids is 1. The van der Waals surface area contributed by atoms with E-state index in [4.69, 9.17) is 5.11 Å². The molecule has 2 fully saturated rings. The SMILES string of the molecule is O=C(O)C=C1CCC(C(=O)NC2CCC2)CC1. The molecule has 0 spiro atoms. The van der Waals surface area contributed by atoms with Crippen molar-refractivity contribution in [3.8, 4) is 0 Å². The van der Waals surface area contributed by atoms with Crippen LogP contribution in [0.25, 0.3) is 0 Å². The number of amides is 1. The number of nitrogens with one attached hydrogen (secondary N) is 1. The predicted octanol–water partition coefficient (Wildman–Crippen LogP) is 1.86. The number of allylic oxidation sites excluding steroid dienone is 1. The molecule has 0 atom stereocenters. The van der Waals surface area contributed by atoms with Crippen LogP contribution in [0, 0.1) is 5.92 Å². The molecular weight excluding hydrogens is 218 g/mol. The summed E-state index contributed by atoms with van der Waals surface area (Å²) >= 11 is 0. The lowest BCUT2D eigenvalue weighted by molar-refractivity contribution is -0.131. The first-order valence-electron chi connectivity index (χ1n) is 6.38. The molecular formula is C13H19NO3. The van der Waals surface area contributed by atoms with Crippen molar-refractivity contribution in [3.05, 3.63) is 11.6 Å². The van der Waals surface area contributed by atoms with Gasteiger partial charge in [0.05, 0.1) is 0 Å². The molecule has 2 aliphatic carbocycles. The van der Waals surface area contributed by atoms with Crippen LogP contribution in [0.1, 0.15) is 44.9 Å². The van der Waals surface area contributed by atoms with E-state index in [0.29, 0.717) is 6.04 Å². The van der Waals surface area contributed by atoms with Gasteiger partial charge in [0, 0.05) is 18.0 Å². The number of carboxylic acid groups (broad SMARTS) is 1. The third-order valence-corrected chi connectivity index (χ3v) is 3.78. The second-order valence-corrected chi connectivity index (χ2v) is 5.05. The lowest BCUT2D eigenvalue weighted by atomic mass is 9.84. The highest BCUT2D eigenvalue weighted by Gasteiger charge is 2.27. The molecule has 0 aromatic carbocycles. The minimum absolute atomic E-state index is 0.0848. The lowest BCUT2D eigenvalue weighted by Gasteiger charge is -2.30. The summed E-state index contributed by atoms with van der Waals surface area (Å²) in [6, 6.07) is 0.401. The van der Waals surface area contributed by atoms with Gasteiger partial charge in [-0.25, -0.2) is 4.79 Å². The Morgan fingerprint density at radius 2 is 1.82 bits per heavy atom. The van der Waals surface area contributed by atoms with Crippen LogP contribution >= 0.6 is 0 Å². The van der Waals surface area contributed by atoms with E-state index < -0.39 is 5.97 Å². The largest absolute Gasteiger partial charge is 0.478 e. The molecule has 94 valence electrons. The number of hydrogen-bond donors (Lipinski definition) is 2. The quantitative estimate of drug-likeness (QED) is 0.736. The van der Waals surface area contributed by atoms with Gasteiger partial charge in [-0.2, -0.15) is 0 Å². The monoisotopic (exact) mass is 237 g/mol. The maximum Gasteiger partial charge on any atom is 0.328 e. The van der Waals surface area contributed by atoms with E-state index in [1.807, 2.05) is 0 Å². The average molecular weight is 237 g/mol. The summed E-state index contributed by atoms with van der Waals surface area (Å²) in [5.41, 5.74) is 0.963. The molecule has 0 radical (unpaired) electrons. The highest BCUT2D eigenvalue weighted by Crippen LogP contribution is 2.29. The van der Waals surface area contributed by atoms with E-state index in [1.54, 1.807) is 0 Å². The Morgan fingerprint density at radius 1 is 1.18 bits per heavy atom. The molecule has 0 heterocycles. The molecule has 1 amide bonds. The minimum atomic E-state index is -0.877. The van der Waals surface area contributed by atoms with Gasteiger partial charge in [0.2, 0.25) is 5.91 Å². The highest BCUT2D eigenvalue weighted by molar-refractivity contribution is 5.81. The summed E-state index contributed by atoms with van der Waals surface area (Å²) in [5.74, 6) is -0.622. The number of carbonyl (C=O) groups excluding carboxylic acids is 1.